The molecule has 7 nitrogen and oxygen atoms in total. The van der Waals surface area contributed by atoms with Gasteiger partial charge in [-0.2, -0.15) is 0 Å². The van der Waals surface area contributed by atoms with Crippen molar-refractivity contribution in [1.29, 1.82) is 0 Å². The monoisotopic (exact) mass is 473 g/mol. The molecule has 0 aliphatic carbocycles. The van der Waals surface area contributed by atoms with E-state index in [0.717, 1.165) is 24.8 Å². The molecule has 3 amide bonds. The zero-order valence-corrected chi connectivity index (χ0v) is 22.0. The maximum absolute atomic E-state index is 13.5. The maximum Gasteiger partial charge on any atom is 0.408 e. The number of nitrogens with zero attached hydrogens (tertiary/aromatic N) is 1. The van der Waals surface area contributed by atoms with Crippen LogP contribution in [0.3, 0.4) is 0 Å². The summed E-state index contributed by atoms with van der Waals surface area (Å²) >= 11 is 0. The number of unbranched alkanes of at least 4 members (excludes halogenated alkanes) is 2. The van der Waals surface area contributed by atoms with E-state index in [1.54, 1.807) is 31.7 Å². The average Bonchev–Trinajstić information content (AvgIpc) is 2.77. The highest BCUT2D eigenvalue weighted by Crippen LogP contribution is 2.32. The summed E-state index contributed by atoms with van der Waals surface area (Å²) in [5.74, 6) is -0.611. The van der Waals surface area contributed by atoms with E-state index < -0.39 is 23.3 Å². The van der Waals surface area contributed by atoms with Gasteiger partial charge >= 0.3 is 6.09 Å². The summed E-state index contributed by atoms with van der Waals surface area (Å²) in [6.45, 7) is 17.3. The SMILES string of the molecule is C=Cc1cccc(C(C(=O)NCCCCC)N(C(=O)CNC(=O)OC(C)(C)C)C(C)(C)CC)c1. The summed E-state index contributed by atoms with van der Waals surface area (Å²) in [5, 5.41) is 5.55. The lowest BCUT2D eigenvalue weighted by Gasteiger charge is -2.43. The number of carbonyl (C=O) groups is 3. The summed E-state index contributed by atoms with van der Waals surface area (Å²) in [6, 6.07) is 6.61. The van der Waals surface area contributed by atoms with Crippen LogP contribution >= 0.6 is 0 Å². The van der Waals surface area contributed by atoms with E-state index in [1.165, 1.54) is 0 Å². The van der Waals surface area contributed by atoms with Crippen molar-refractivity contribution in [1.82, 2.24) is 15.5 Å². The van der Waals surface area contributed by atoms with Gasteiger partial charge in [0.1, 0.15) is 18.2 Å². The Labute approximate surface area is 205 Å². The number of benzene rings is 1. The van der Waals surface area contributed by atoms with Gasteiger partial charge in [-0.05, 0) is 64.7 Å². The second-order valence-electron chi connectivity index (χ2n) is 10.1. The fourth-order valence-corrected chi connectivity index (χ4v) is 3.51. The van der Waals surface area contributed by atoms with E-state index >= 15 is 0 Å². The Morgan fingerprint density at radius 1 is 1.09 bits per heavy atom. The minimum atomic E-state index is -0.857. The molecule has 0 aliphatic heterocycles. The van der Waals surface area contributed by atoms with Crippen molar-refractivity contribution in [2.45, 2.75) is 91.3 Å². The fraction of sp³-hybridized carbons (Fsp3) is 0.593. The smallest absolute Gasteiger partial charge is 0.408 e. The van der Waals surface area contributed by atoms with E-state index in [0.29, 0.717) is 18.5 Å². The number of carbonyl (C=O) groups excluding carboxylic acids is 3. The van der Waals surface area contributed by atoms with Crippen molar-refractivity contribution in [3.8, 4) is 0 Å². The van der Waals surface area contributed by atoms with E-state index in [1.807, 2.05) is 45.0 Å². The number of amides is 3. The summed E-state index contributed by atoms with van der Waals surface area (Å²) in [4.78, 5) is 40.8. The second-order valence-corrected chi connectivity index (χ2v) is 10.1. The summed E-state index contributed by atoms with van der Waals surface area (Å²) in [5.41, 5.74) is 0.219. The summed E-state index contributed by atoms with van der Waals surface area (Å²) in [7, 11) is 0. The lowest BCUT2D eigenvalue weighted by molar-refractivity contribution is -0.146. The van der Waals surface area contributed by atoms with Crippen LogP contribution in [-0.4, -0.2) is 47.0 Å². The lowest BCUT2D eigenvalue weighted by Crippen LogP contribution is -2.56. The van der Waals surface area contributed by atoms with E-state index in [-0.39, 0.29) is 18.4 Å². The summed E-state index contributed by atoms with van der Waals surface area (Å²) in [6.07, 6.45) is 4.58. The quantitative estimate of drug-likeness (QED) is 0.408. The fourth-order valence-electron chi connectivity index (χ4n) is 3.51. The first-order valence-electron chi connectivity index (χ1n) is 12.2. The van der Waals surface area contributed by atoms with Gasteiger partial charge in [0.05, 0.1) is 0 Å². The predicted molar refractivity (Wildman–Crippen MR) is 137 cm³/mol. The first-order chi connectivity index (χ1) is 15.9. The highest BCUT2D eigenvalue weighted by Gasteiger charge is 2.40. The Kier molecular flexibility index (Phi) is 11.3. The molecular formula is C27H43N3O4. The molecule has 1 aromatic rings. The van der Waals surface area contributed by atoms with Crippen LogP contribution in [0.5, 0.6) is 0 Å². The third-order valence-electron chi connectivity index (χ3n) is 5.62. The van der Waals surface area contributed by atoms with Gasteiger partial charge in [-0.25, -0.2) is 4.79 Å². The van der Waals surface area contributed by atoms with Crippen LogP contribution in [0.4, 0.5) is 4.79 Å². The number of nitrogens with one attached hydrogen (secondary N) is 2. The highest BCUT2D eigenvalue weighted by atomic mass is 16.6. The molecule has 1 aromatic carbocycles. The molecule has 0 fully saturated rings. The number of rotatable bonds is 12. The topological polar surface area (TPSA) is 87.7 Å². The molecule has 0 spiro atoms. The third-order valence-corrected chi connectivity index (χ3v) is 5.62. The standard InChI is InChI=1S/C27H43N3O4/c1-9-12-13-17-28-24(32)23(21-16-14-15-20(10-2)18-21)30(27(7,8)11-3)22(31)19-29-25(33)34-26(4,5)6/h10,14-16,18,23H,2,9,11-13,17,19H2,1,3-8H3,(H,28,32)(H,29,33). The van der Waals surface area contributed by atoms with Crippen LogP contribution in [0, 0.1) is 0 Å². The molecule has 0 saturated carbocycles. The minimum absolute atomic E-state index is 0.246. The van der Waals surface area contributed by atoms with Crippen LogP contribution in [-0.2, 0) is 14.3 Å². The summed E-state index contributed by atoms with van der Waals surface area (Å²) < 4.78 is 5.27. The van der Waals surface area contributed by atoms with Gasteiger partial charge in [0.15, 0.2) is 0 Å². The zero-order chi connectivity index (χ0) is 25.9. The molecule has 1 unspecified atom stereocenters. The second kappa shape index (κ2) is 13.2. The molecule has 0 bridgehead atoms. The minimum Gasteiger partial charge on any atom is -0.444 e. The number of ether oxygens (including phenoxy) is 1. The van der Waals surface area contributed by atoms with Gasteiger partial charge in [0.2, 0.25) is 11.8 Å². The van der Waals surface area contributed by atoms with Crippen LogP contribution in [0.15, 0.2) is 30.8 Å². The Morgan fingerprint density at radius 3 is 2.32 bits per heavy atom. The van der Waals surface area contributed by atoms with Crippen molar-refractivity contribution in [3.63, 3.8) is 0 Å². The first-order valence-corrected chi connectivity index (χ1v) is 12.2. The normalized spacial score (nSPS) is 12.4. The molecule has 0 aromatic heterocycles. The molecule has 2 N–H and O–H groups in total. The third kappa shape index (κ3) is 9.20. The molecule has 0 aliphatic rings. The Bertz CT molecular complexity index is 843. The molecule has 1 rings (SSSR count). The Balaban J connectivity index is 3.33. The molecule has 0 saturated heterocycles. The van der Waals surface area contributed by atoms with Crippen LogP contribution in [0.25, 0.3) is 6.08 Å². The van der Waals surface area contributed by atoms with Gasteiger partial charge in [-0.1, -0.05) is 57.5 Å². The van der Waals surface area contributed by atoms with Crippen molar-refractivity contribution in [2.24, 2.45) is 0 Å². The molecule has 0 radical (unpaired) electrons. The van der Waals surface area contributed by atoms with Crippen molar-refractivity contribution in [2.75, 3.05) is 13.1 Å². The van der Waals surface area contributed by atoms with Crippen LogP contribution in [0.1, 0.15) is 91.3 Å². The van der Waals surface area contributed by atoms with Crippen molar-refractivity contribution in [3.05, 3.63) is 42.0 Å². The Hall–Kier alpha value is -2.83. The maximum atomic E-state index is 13.5. The highest BCUT2D eigenvalue weighted by molar-refractivity contribution is 5.91. The van der Waals surface area contributed by atoms with E-state index in [9.17, 15) is 14.4 Å². The van der Waals surface area contributed by atoms with Crippen LogP contribution < -0.4 is 10.6 Å². The zero-order valence-electron chi connectivity index (χ0n) is 22.0. The average molecular weight is 474 g/mol. The molecule has 34 heavy (non-hydrogen) atoms. The number of hydrogen-bond donors (Lipinski definition) is 2. The molecule has 1 atom stereocenters. The number of alkyl carbamates (subject to hydrolysis) is 1. The number of hydrogen-bond acceptors (Lipinski definition) is 4. The van der Waals surface area contributed by atoms with Gasteiger partial charge in [0, 0.05) is 12.1 Å². The van der Waals surface area contributed by atoms with Gasteiger partial charge in [-0.15, -0.1) is 0 Å². The first kappa shape index (κ1) is 29.2. The molecular weight excluding hydrogens is 430 g/mol. The van der Waals surface area contributed by atoms with Gasteiger partial charge in [-0.3, -0.25) is 9.59 Å². The van der Waals surface area contributed by atoms with Crippen molar-refractivity contribution < 1.29 is 19.1 Å². The van der Waals surface area contributed by atoms with Gasteiger partial charge < -0.3 is 20.3 Å². The van der Waals surface area contributed by atoms with Crippen molar-refractivity contribution >= 4 is 24.0 Å². The Morgan fingerprint density at radius 2 is 1.76 bits per heavy atom. The van der Waals surface area contributed by atoms with Gasteiger partial charge in [0.25, 0.3) is 0 Å². The largest absolute Gasteiger partial charge is 0.444 e. The molecule has 0 heterocycles. The lowest BCUT2D eigenvalue weighted by atomic mass is 9.92. The predicted octanol–water partition coefficient (Wildman–Crippen LogP) is 5.22. The van der Waals surface area contributed by atoms with E-state index in [2.05, 4.69) is 24.1 Å². The molecule has 7 heteroatoms. The van der Waals surface area contributed by atoms with E-state index in [4.69, 9.17) is 4.74 Å². The molecule has 190 valence electrons. The van der Waals surface area contributed by atoms with Crippen LogP contribution in [0.2, 0.25) is 0 Å².